The van der Waals surface area contributed by atoms with Gasteiger partial charge in [0.25, 0.3) is 0 Å². The quantitative estimate of drug-likeness (QED) is 0.685. The molecular weight excluding hydrogens is 274 g/mol. The molecule has 0 aromatic carbocycles. The van der Waals surface area contributed by atoms with Gasteiger partial charge in [-0.25, -0.2) is 4.99 Å². The Balaban J connectivity index is 1.93. The molecule has 0 bridgehead atoms. The van der Waals surface area contributed by atoms with E-state index < -0.39 is 0 Å². The van der Waals surface area contributed by atoms with Crippen LogP contribution in [0.4, 0.5) is 0 Å². The first-order chi connectivity index (χ1) is 7.15. The van der Waals surface area contributed by atoms with Crippen molar-refractivity contribution in [3.63, 3.8) is 0 Å². The molecule has 1 aromatic heterocycles. The van der Waals surface area contributed by atoms with E-state index in [1.54, 1.807) is 11.3 Å². The minimum absolute atomic E-state index is 0.488. The van der Waals surface area contributed by atoms with Crippen LogP contribution < -0.4 is 5.73 Å². The normalized spacial score (nSPS) is 16.8. The molecule has 3 nitrogen and oxygen atoms in total. The molecule has 1 heterocycles. The van der Waals surface area contributed by atoms with Gasteiger partial charge in [-0.1, -0.05) is 0 Å². The number of hydrogen-bond acceptors (Lipinski definition) is 2. The van der Waals surface area contributed by atoms with Crippen LogP contribution in [0.5, 0.6) is 0 Å². The summed E-state index contributed by atoms with van der Waals surface area (Å²) in [6.45, 7) is 0.832. The van der Waals surface area contributed by atoms with Gasteiger partial charge in [0.1, 0.15) is 0 Å². The topological polar surface area (TPSA) is 41.6 Å². The van der Waals surface area contributed by atoms with Crippen molar-refractivity contribution in [2.45, 2.75) is 25.4 Å². The van der Waals surface area contributed by atoms with Gasteiger partial charge in [0, 0.05) is 21.8 Å². The van der Waals surface area contributed by atoms with Crippen molar-refractivity contribution in [3.05, 3.63) is 20.8 Å². The first-order valence-electron chi connectivity index (χ1n) is 4.92. The largest absolute Gasteiger partial charge is 0.370 e. The van der Waals surface area contributed by atoms with Crippen LogP contribution in [-0.4, -0.2) is 23.9 Å². The van der Waals surface area contributed by atoms with Crippen LogP contribution in [0.25, 0.3) is 0 Å². The highest BCUT2D eigenvalue weighted by atomic mass is 79.9. The second-order valence-electron chi connectivity index (χ2n) is 3.81. The molecule has 0 saturated heterocycles. The number of rotatable bonds is 3. The Hall–Kier alpha value is -0.550. The van der Waals surface area contributed by atoms with E-state index in [1.807, 2.05) is 11.9 Å². The molecule has 0 spiro atoms. The summed E-state index contributed by atoms with van der Waals surface area (Å²) >= 11 is 5.17. The van der Waals surface area contributed by atoms with Crippen LogP contribution in [-0.2, 0) is 6.54 Å². The molecule has 0 atom stereocenters. The zero-order chi connectivity index (χ0) is 10.8. The third kappa shape index (κ3) is 3.21. The summed E-state index contributed by atoms with van der Waals surface area (Å²) in [6.07, 6.45) is 2.39. The van der Waals surface area contributed by atoms with Gasteiger partial charge in [-0.15, -0.1) is 11.3 Å². The van der Waals surface area contributed by atoms with E-state index in [4.69, 9.17) is 5.73 Å². The maximum absolute atomic E-state index is 5.88. The highest BCUT2D eigenvalue weighted by molar-refractivity contribution is 9.10. The Kier molecular flexibility index (Phi) is 3.31. The van der Waals surface area contributed by atoms with E-state index >= 15 is 0 Å². The number of thiophene rings is 1. The first-order valence-corrected chi connectivity index (χ1v) is 6.60. The van der Waals surface area contributed by atoms with Crippen molar-refractivity contribution < 1.29 is 0 Å². The van der Waals surface area contributed by atoms with Gasteiger partial charge < -0.3 is 10.6 Å². The van der Waals surface area contributed by atoms with Crippen molar-refractivity contribution in [2.24, 2.45) is 10.7 Å². The number of nitrogens with two attached hydrogens (primary N) is 1. The smallest absolute Gasteiger partial charge is 0.191 e. The van der Waals surface area contributed by atoms with E-state index in [1.165, 1.54) is 17.7 Å². The van der Waals surface area contributed by atoms with Crippen molar-refractivity contribution in [1.82, 2.24) is 4.90 Å². The van der Waals surface area contributed by atoms with E-state index in [0.29, 0.717) is 12.0 Å². The lowest BCUT2D eigenvalue weighted by Crippen LogP contribution is -2.33. The Labute approximate surface area is 102 Å². The van der Waals surface area contributed by atoms with Crippen LogP contribution in [0.1, 0.15) is 17.7 Å². The second-order valence-corrected chi connectivity index (χ2v) is 5.72. The molecule has 15 heavy (non-hydrogen) atoms. The van der Waals surface area contributed by atoms with Gasteiger partial charge in [0.05, 0.1) is 12.6 Å². The summed E-state index contributed by atoms with van der Waals surface area (Å²) in [4.78, 5) is 7.69. The molecular formula is C10H14BrN3S. The molecule has 2 N–H and O–H groups in total. The lowest BCUT2D eigenvalue weighted by molar-refractivity contribution is 0.497. The summed E-state index contributed by atoms with van der Waals surface area (Å²) in [5.74, 6) is 0.655. The van der Waals surface area contributed by atoms with Gasteiger partial charge in [0.15, 0.2) is 5.96 Å². The fourth-order valence-electron chi connectivity index (χ4n) is 1.24. The Morgan fingerprint density at radius 2 is 2.47 bits per heavy atom. The van der Waals surface area contributed by atoms with Gasteiger partial charge in [-0.2, -0.15) is 0 Å². The molecule has 82 valence electrons. The zero-order valence-corrected chi connectivity index (χ0v) is 11.0. The van der Waals surface area contributed by atoms with E-state index in [-0.39, 0.29) is 0 Å². The molecule has 0 amide bonds. The van der Waals surface area contributed by atoms with E-state index in [9.17, 15) is 0 Å². The highest BCUT2D eigenvalue weighted by Gasteiger charge is 2.21. The lowest BCUT2D eigenvalue weighted by atomic mass is 10.4. The average Bonchev–Trinajstić information content (AvgIpc) is 2.90. The van der Waals surface area contributed by atoms with Crippen molar-refractivity contribution in [3.8, 4) is 0 Å². The fourth-order valence-corrected chi connectivity index (χ4v) is 2.74. The van der Waals surface area contributed by atoms with E-state index in [2.05, 4.69) is 32.4 Å². The predicted octanol–water partition coefficient (Wildman–Crippen LogP) is 2.42. The maximum Gasteiger partial charge on any atom is 0.191 e. The van der Waals surface area contributed by atoms with Crippen LogP contribution in [0.3, 0.4) is 0 Å². The first kappa shape index (κ1) is 11.0. The van der Waals surface area contributed by atoms with Gasteiger partial charge >= 0.3 is 0 Å². The third-order valence-electron chi connectivity index (χ3n) is 2.27. The lowest BCUT2D eigenvalue weighted by Gasteiger charge is -2.16. The molecule has 0 unspecified atom stereocenters. The molecule has 0 aliphatic heterocycles. The van der Waals surface area contributed by atoms with Gasteiger partial charge in [-0.05, 0) is 34.8 Å². The summed E-state index contributed by atoms with van der Waals surface area (Å²) in [6, 6.07) is 2.61. The molecule has 1 saturated carbocycles. The number of hydrogen-bond donors (Lipinski definition) is 1. The van der Waals surface area contributed by atoms with Gasteiger partial charge in [-0.3, -0.25) is 0 Å². The zero-order valence-electron chi connectivity index (χ0n) is 8.61. The molecule has 1 aliphatic carbocycles. The third-order valence-corrected chi connectivity index (χ3v) is 3.95. The second kappa shape index (κ2) is 4.53. The van der Waals surface area contributed by atoms with Gasteiger partial charge in [0.2, 0.25) is 0 Å². The molecule has 5 heteroatoms. The SMILES string of the molecule is CN(Cc1cc(Br)cs1)C(N)=NC1CC1. The number of halogens is 1. The van der Waals surface area contributed by atoms with Crippen LogP contribution in [0, 0.1) is 0 Å². The number of nitrogens with zero attached hydrogens (tertiary/aromatic N) is 2. The Morgan fingerprint density at radius 3 is 3.00 bits per heavy atom. The van der Waals surface area contributed by atoms with Crippen molar-refractivity contribution >= 4 is 33.2 Å². The minimum Gasteiger partial charge on any atom is -0.370 e. The maximum atomic E-state index is 5.88. The highest BCUT2D eigenvalue weighted by Crippen LogP contribution is 2.24. The molecule has 1 aromatic rings. The van der Waals surface area contributed by atoms with Crippen molar-refractivity contribution in [2.75, 3.05) is 7.05 Å². The average molecular weight is 288 g/mol. The molecule has 1 fully saturated rings. The van der Waals surface area contributed by atoms with E-state index in [0.717, 1.165) is 11.0 Å². The summed E-state index contributed by atoms with van der Waals surface area (Å²) in [7, 11) is 1.98. The molecule has 1 aliphatic rings. The number of aliphatic imine (C=N–C) groups is 1. The van der Waals surface area contributed by atoms with Crippen LogP contribution >= 0.6 is 27.3 Å². The molecule has 2 rings (SSSR count). The summed E-state index contributed by atoms with van der Waals surface area (Å²) in [5, 5.41) is 2.08. The Bertz CT molecular complexity index is 370. The van der Waals surface area contributed by atoms with Crippen LogP contribution in [0.15, 0.2) is 20.9 Å². The Morgan fingerprint density at radius 1 is 1.73 bits per heavy atom. The minimum atomic E-state index is 0.488. The summed E-state index contributed by atoms with van der Waals surface area (Å²) in [5.41, 5.74) is 5.88. The monoisotopic (exact) mass is 287 g/mol. The fraction of sp³-hybridized carbons (Fsp3) is 0.500. The number of guanidine groups is 1. The van der Waals surface area contributed by atoms with Crippen molar-refractivity contribution in [1.29, 1.82) is 0 Å². The molecule has 0 radical (unpaired) electrons. The van der Waals surface area contributed by atoms with Crippen LogP contribution in [0.2, 0.25) is 0 Å². The predicted molar refractivity (Wildman–Crippen MR) is 68.1 cm³/mol. The standard InChI is InChI=1S/C10H14BrN3S/c1-14(10(12)13-8-2-3-8)5-9-4-7(11)6-15-9/h4,6,8H,2-3,5H2,1H3,(H2,12,13). The summed E-state index contributed by atoms with van der Waals surface area (Å²) < 4.78 is 1.13.